The topological polar surface area (TPSA) is 78.7 Å². The monoisotopic (exact) mass is 486 g/mol. The summed E-state index contributed by atoms with van der Waals surface area (Å²) >= 11 is 3.05. The Morgan fingerprint density at radius 3 is 2.52 bits per heavy atom. The van der Waals surface area contributed by atoms with Gasteiger partial charge in [0.2, 0.25) is 5.91 Å². The lowest BCUT2D eigenvalue weighted by Crippen LogP contribution is -2.46. The number of amides is 2. The average molecular weight is 487 g/mol. The van der Waals surface area contributed by atoms with Crippen molar-refractivity contribution in [3.8, 4) is 0 Å². The Kier molecular flexibility index (Phi) is 7.87. The summed E-state index contributed by atoms with van der Waals surface area (Å²) in [4.78, 5) is 32.0. The number of nitrogens with one attached hydrogen (secondary N) is 1. The fourth-order valence-corrected chi connectivity index (χ4v) is 5.56. The van der Waals surface area contributed by atoms with Crippen LogP contribution in [0.25, 0.3) is 0 Å². The van der Waals surface area contributed by atoms with Crippen molar-refractivity contribution in [2.24, 2.45) is 5.73 Å². The summed E-state index contributed by atoms with van der Waals surface area (Å²) in [5, 5.41) is 6.75. The maximum absolute atomic E-state index is 13.4. The molecular weight excluding hydrogens is 459 g/mol. The Morgan fingerprint density at radius 2 is 1.85 bits per heavy atom. The number of halogens is 1. The highest BCUT2D eigenvalue weighted by molar-refractivity contribution is 7.12. The molecule has 4 rings (SSSR count). The number of nitrogens with two attached hydrogens (primary N) is 1. The molecule has 1 saturated heterocycles. The zero-order valence-corrected chi connectivity index (χ0v) is 19.8. The van der Waals surface area contributed by atoms with Gasteiger partial charge in [-0.25, -0.2) is 4.39 Å². The second-order valence-electron chi connectivity index (χ2n) is 8.03. The maximum Gasteiger partial charge on any atom is 0.264 e. The fraction of sp³-hybridized carbons (Fsp3) is 0.333. The van der Waals surface area contributed by atoms with Crippen molar-refractivity contribution in [3.05, 3.63) is 80.4 Å². The molecule has 0 bridgehead atoms. The van der Waals surface area contributed by atoms with Gasteiger partial charge in [-0.1, -0.05) is 24.3 Å². The summed E-state index contributed by atoms with van der Waals surface area (Å²) < 4.78 is 13.4. The molecule has 0 aliphatic carbocycles. The first-order chi connectivity index (χ1) is 16.0. The molecule has 0 saturated carbocycles. The van der Waals surface area contributed by atoms with E-state index in [0.29, 0.717) is 44.0 Å². The first-order valence-electron chi connectivity index (χ1n) is 10.9. The highest BCUT2D eigenvalue weighted by Crippen LogP contribution is 2.29. The zero-order chi connectivity index (χ0) is 23.2. The van der Waals surface area contributed by atoms with Crippen LogP contribution in [0.1, 0.15) is 26.5 Å². The van der Waals surface area contributed by atoms with E-state index >= 15 is 0 Å². The van der Waals surface area contributed by atoms with Gasteiger partial charge < -0.3 is 16.0 Å². The van der Waals surface area contributed by atoms with E-state index in [1.165, 1.54) is 28.3 Å². The minimum Gasteiger partial charge on any atom is -0.353 e. The van der Waals surface area contributed by atoms with Gasteiger partial charge >= 0.3 is 0 Å². The van der Waals surface area contributed by atoms with Crippen LogP contribution in [0.4, 0.5) is 4.39 Å². The van der Waals surface area contributed by atoms with Crippen LogP contribution < -0.4 is 11.1 Å². The predicted octanol–water partition coefficient (Wildman–Crippen LogP) is 3.31. The molecule has 9 heteroatoms. The molecule has 2 amide bonds. The number of rotatable bonds is 9. The van der Waals surface area contributed by atoms with E-state index in [9.17, 15) is 14.0 Å². The third-order valence-electron chi connectivity index (χ3n) is 5.77. The van der Waals surface area contributed by atoms with E-state index in [-0.39, 0.29) is 23.7 Å². The molecule has 3 aromatic rings. The van der Waals surface area contributed by atoms with E-state index in [1.807, 2.05) is 22.9 Å². The molecule has 1 fully saturated rings. The van der Waals surface area contributed by atoms with Gasteiger partial charge in [-0.05, 0) is 47.0 Å². The van der Waals surface area contributed by atoms with Gasteiger partial charge in [-0.15, -0.1) is 22.7 Å². The smallest absolute Gasteiger partial charge is 0.264 e. The van der Waals surface area contributed by atoms with Gasteiger partial charge in [-0.2, -0.15) is 0 Å². The van der Waals surface area contributed by atoms with Gasteiger partial charge in [0, 0.05) is 43.6 Å². The van der Waals surface area contributed by atoms with Crippen LogP contribution in [0.15, 0.2) is 59.3 Å². The lowest BCUT2D eigenvalue weighted by Gasteiger charge is -2.28. The van der Waals surface area contributed by atoms with Gasteiger partial charge in [0.05, 0.1) is 4.88 Å². The second kappa shape index (κ2) is 11.0. The van der Waals surface area contributed by atoms with Crippen molar-refractivity contribution < 1.29 is 14.0 Å². The van der Waals surface area contributed by atoms with Crippen LogP contribution in [-0.2, 0) is 17.9 Å². The summed E-state index contributed by atoms with van der Waals surface area (Å²) in [6.45, 7) is 2.45. The first-order valence-corrected chi connectivity index (χ1v) is 12.6. The number of hydrogen-bond acceptors (Lipinski definition) is 6. The van der Waals surface area contributed by atoms with Crippen molar-refractivity contribution in [2.75, 3.05) is 19.6 Å². The van der Waals surface area contributed by atoms with Crippen molar-refractivity contribution in [3.63, 3.8) is 0 Å². The van der Waals surface area contributed by atoms with Gasteiger partial charge in [0.1, 0.15) is 11.9 Å². The highest BCUT2D eigenvalue weighted by Gasteiger charge is 2.42. The van der Waals surface area contributed by atoms with E-state index in [0.717, 1.165) is 5.56 Å². The van der Waals surface area contributed by atoms with Crippen LogP contribution >= 0.6 is 22.7 Å². The third kappa shape index (κ3) is 5.86. The average Bonchev–Trinajstić information content (AvgIpc) is 3.60. The second-order valence-corrected chi connectivity index (χ2v) is 10.0. The van der Waals surface area contributed by atoms with E-state index in [2.05, 4.69) is 16.3 Å². The molecule has 2 atom stereocenters. The van der Waals surface area contributed by atoms with E-state index in [4.69, 9.17) is 5.73 Å². The lowest BCUT2D eigenvalue weighted by molar-refractivity contribution is -0.124. The van der Waals surface area contributed by atoms with Crippen LogP contribution in [0.2, 0.25) is 0 Å². The molecule has 0 radical (unpaired) electrons. The van der Waals surface area contributed by atoms with Crippen molar-refractivity contribution >= 4 is 34.5 Å². The van der Waals surface area contributed by atoms with Crippen LogP contribution in [0.5, 0.6) is 0 Å². The number of hydrogen-bond donors (Lipinski definition) is 2. The molecule has 6 nitrogen and oxygen atoms in total. The van der Waals surface area contributed by atoms with Crippen LogP contribution in [-0.4, -0.2) is 53.3 Å². The van der Waals surface area contributed by atoms with Crippen molar-refractivity contribution in [1.82, 2.24) is 15.1 Å². The molecule has 174 valence electrons. The van der Waals surface area contributed by atoms with Crippen molar-refractivity contribution in [1.29, 1.82) is 0 Å². The SMILES string of the molecule is NCCNC(=O)C1CC(N(Cc2ccc(F)cc2)Cc2cccs2)CN1C(=O)c1cccs1. The highest BCUT2D eigenvalue weighted by atomic mass is 32.1. The summed E-state index contributed by atoms with van der Waals surface area (Å²) in [6, 6.07) is 13.6. The minimum absolute atomic E-state index is 0.0188. The third-order valence-corrected chi connectivity index (χ3v) is 7.49. The Morgan fingerprint density at radius 1 is 1.09 bits per heavy atom. The minimum atomic E-state index is -0.560. The first kappa shape index (κ1) is 23.6. The molecule has 1 aliphatic heterocycles. The summed E-state index contributed by atoms with van der Waals surface area (Å²) in [5.74, 6) is -0.572. The molecule has 33 heavy (non-hydrogen) atoms. The van der Waals surface area contributed by atoms with E-state index < -0.39 is 6.04 Å². The maximum atomic E-state index is 13.4. The Bertz CT molecular complexity index is 1040. The Labute approximate surface area is 200 Å². The number of benzene rings is 1. The van der Waals surface area contributed by atoms with Crippen molar-refractivity contribution in [2.45, 2.75) is 31.6 Å². The lowest BCUT2D eigenvalue weighted by atomic mass is 10.1. The Hall–Kier alpha value is -2.59. The quantitative estimate of drug-likeness (QED) is 0.487. The summed E-state index contributed by atoms with van der Waals surface area (Å²) in [6.07, 6.45) is 0.528. The van der Waals surface area contributed by atoms with Crippen LogP contribution in [0, 0.1) is 5.82 Å². The summed E-state index contributed by atoms with van der Waals surface area (Å²) in [7, 11) is 0. The predicted molar refractivity (Wildman–Crippen MR) is 130 cm³/mol. The number of carbonyl (C=O) groups is 2. The molecule has 2 unspecified atom stereocenters. The van der Waals surface area contributed by atoms with Crippen LogP contribution in [0.3, 0.4) is 0 Å². The molecular formula is C24H27FN4O2S2. The number of nitrogens with zero attached hydrogens (tertiary/aromatic N) is 2. The molecule has 3 heterocycles. The standard InChI is InChI=1S/C24H27FN4O2S2/c25-18-7-5-17(6-8-18)14-28(16-20-3-1-11-32-20)19-13-21(23(30)27-10-9-26)29(15-19)24(31)22-4-2-12-33-22/h1-8,11-12,19,21H,9-10,13-16,26H2,(H,27,30). The molecule has 1 aromatic carbocycles. The number of carbonyl (C=O) groups excluding carboxylic acids is 2. The van der Waals surface area contributed by atoms with E-state index in [1.54, 1.807) is 34.4 Å². The Balaban J connectivity index is 1.58. The van der Waals surface area contributed by atoms with Gasteiger partial charge in [0.15, 0.2) is 0 Å². The fourth-order valence-electron chi connectivity index (χ4n) is 4.15. The zero-order valence-electron chi connectivity index (χ0n) is 18.2. The normalized spacial score (nSPS) is 18.1. The largest absolute Gasteiger partial charge is 0.353 e. The molecule has 2 aromatic heterocycles. The molecule has 0 spiro atoms. The van der Waals surface area contributed by atoms with Gasteiger partial charge in [-0.3, -0.25) is 14.5 Å². The summed E-state index contributed by atoms with van der Waals surface area (Å²) in [5.41, 5.74) is 6.55. The molecule has 3 N–H and O–H groups in total. The molecule has 1 aliphatic rings. The van der Waals surface area contributed by atoms with Gasteiger partial charge in [0.25, 0.3) is 5.91 Å². The number of thiophene rings is 2. The number of likely N-dealkylation sites (tertiary alicyclic amines) is 1.